The molecule has 4 nitrogen and oxygen atoms in total. The Balaban J connectivity index is 1.32. The second-order valence-corrected chi connectivity index (χ2v) is 12.0. The van der Waals surface area contributed by atoms with Crippen molar-refractivity contribution < 1.29 is 0 Å². The Labute approximate surface area is 277 Å². The van der Waals surface area contributed by atoms with Gasteiger partial charge in [0.15, 0.2) is 0 Å². The van der Waals surface area contributed by atoms with Gasteiger partial charge in [-0.3, -0.25) is 0 Å². The van der Waals surface area contributed by atoms with Crippen molar-refractivity contribution in [3.63, 3.8) is 0 Å². The zero-order chi connectivity index (χ0) is 32.2. The van der Waals surface area contributed by atoms with Crippen LogP contribution < -0.4 is 0 Å². The highest BCUT2D eigenvalue weighted by Crippen LogP contribution is 2.42. The number of fused-ring (bicyclic) bond motifs is 6. The highest BCUT2D eigenvalue weighted by molar-refractivity contribution is 6.15. The normalized spacial score (nSPS) is 11.3. The van der Waals surface area contributed by atoms with Crippen molar-refractivity contribution in [2.75, 3.05) is 0 Å². The molecule has 9 aromatic rings. The van der Waals surface area contributed by atoms with Crippen LogP contribution in [0.4, 0.5) is 0 Å². The number of hydrogen-bond acceptors (Lipinski definition) is 2. The van der Waals surface area contributed by atoms with Crippen LogP contribution in [0.1, 0.15) is 11.1 Å². The molecule has 48 heavy (non-hydrogen) atoms. The third-order valence-electron chi connectivity index (χ3n) is 9.39. The average Bonchev–Trinajstić information content (AvgIpc) is 3.67. The van der Waals surface area contributed by atoms with Crippen LogP contribution >= 0.6 is 0 Å². The lowest BCUT2D eigenvalue weighted by Gasteiger charge is -2.15. The van der Waals surface area contributed by atoms with Crippen molar-refractivity contribution >= 4 is 43.6 Å². The molecule has 222 valence electrons. The van der Waals surface area contributed by atoms with Gasteiger partial charge in [0.25, 0.3) is 0 Å². The fourth-order valence-corrected chi connectivity index (χ4v) is 7.27. The summed E-state index contributed by atoms with van der Waals surface area (Å²) in [5, 5.41) is 23.7. The van der Waals surface area contributed by atoms with Gasteiger partial charge >= 0.3 is 0 Å². The topological polar surface area (TPSA) is 57.4 Å². The highest BCUT2D eigenvalue weighted by atomic mass is 15.0. The fourth-order valence-electron chi connectivity index (χ4n) is 7.27. The fraction of sp³-hybridized carbons (Fsp3) is 0. The quantitative estimate of drug-likeness (QED) is 0.199. The molecule has 0 N–H and O–H groups in total. The van der Waals surface area contributed by atoms with E-state index < -0.39 is 0 Å². The molecule has 0 aliphatic rings. The summed E-state index contributed by atoms with van der Waals surface area (Å²) >= 11 is 0. The first-order valence-electron chi connectivity index (χ1n) is 15.9. The number of hydrogen-bond donors (Lipinski definition) is 0. The molecule has 0 aliphatic carbocycles. The number of benzene rings is 7. The van der Waals surface area contributed by atoms with Gasteiger partial charge in [0.05, 0.1) is 45.3 Å². The van der Waals surface area contributed by atoms with Gasteiger partial charge in [-0.2, -0.15) is 10.5 Å². The molecule has 0 amide bonds. The van der Waals surface area contributed by atoms with E-state index in [1.807, 2.05) is 42.5 Å². The van der Waals surface area contributed by atoms with Crippen molar-refractivity contribution in [1.29, 1.82) is 10.5 Å². The van der Waals surface area contributed by atoms with E-state index in [1.165, 1.54) is 21.8 Å². The molecule has 0 bridgehead atoms. The number of nitriles is 2. The van der Waals surface area contributed by atoms with Crippen LogP contribution in [0.25, 0.3) is 77.2 Å². The van der Waals surface area contributed by atoms with E-state index in [9.17, 15) is 10.5 Å². The summed E-state index contributed by atoms with van der Waals surface area (Å²) in [7, 11) is 0. The SMILES string of the molecule is N#Cc1ccc(-n2c3ccc(C#N)cc3c3ccc(-c4ccccc4-c4cccc5c6ccccc6n(-c6ccccc6)c45)cc32)cc1. The number of para-hydroxylation sites is 3. The summed E-state index contributed by atoms with van der Waals surface area (Å²) in [6.45, 7) is 0. The summed E-state index contributed by atoms with van der Waals surface area (Å²) in [5.74, 6) is 0. The Bertz CT molecular complexity index is 2790. The van der Waals surface area contributed by atoms with Crippen LogP contribution in [0.3, 0.4) is 0 Å². The van der Waals surface area contributed by atoms with Crippen molar-refractivity contribution in [2.24, 2.45) is 0 Å². The maximum absolute atomic E-state index is 9.71. The first-order valence-corrected chi connectivity index (χ1v) is 15.9. The number of nitrogens with zero attached hydrogens (tertiary/aromatic N) is 4. The predicted octanol–water partition coefficient (Wildman–Crippen LogP) is 11.0. The molecule has 0 radical (unpaired) electrons. The number of rotatable bonds is 4. The molecule has 0 unspecified atom stereocenters. The molecule has 0 fully saturated rings. The second-order valence-electron chi connectivity index (χ2n) is 12.0. The first-order chi connectivity index (χ1) is 23.7. The second kappa shape index (κ2) is 10.9. The van der Waals surface area contributed by atoms with Crippen LogP contribution in [0.5, 0.6) is 0 Å². The Morgan fingerprint density at radius 1 is 0.375 bits per heavy atom. The zero-order valence-electron chi connectivity index (χ0n) is 25.8. The smallest absolute Gasteiger partial charge is 0.0991 e. The minimum Gasteiger partial charge on any atom is -0.309 e. The van der Waals surface area contributed by atoms with Gasteiger partial charge in [0, 0.05) is 38.5 Å². The van der Waals surface area contributed by atoms with E-state index in [2.05, 4.69) is 137 Å². The predicted molar refractivity (Wildman–Crippen MR) is 195 cm³/mol. The molecule has 2 heterocycles. The molecule has 2 aromatic heterocycles. The van der Waals surface area contributed by atoms with Crippen LogP contribution in [0.2, 0.25) is 0 Å². The third kappa shape index (κ3) is 4.14. The van der Waals surface area contributed by atoms with Gasteiger partial charge < -0.3 is 9.13 Å². The maximum Gasteiger partial charge on any atom is 0.0991 e. The molecule has 0 saturated carbocycles. The van der Waals surface area contributed by atoms with Gasteiger partial charge in [0.1, 0.15) is 0 Å². The van der Waals surface area contributed by atoms with E-state index in [4.69, 9.17) is 0 Å². The summed E-state index contributed by atoms with van der Waals surface area (Å²) in [4.78, 5) is 0. The molecule has 9 rings (SSSR count). The average molecular weight is 611 g/mol. The van der Waals surface area contributed by atoms with E-state index in [-0.39, 0.29) is 0 Å². The highest BCUT2D eigenvalue weighted by Gasteiger charge is 2.19. The summed E-state index contributed by atoms with van der Waals surface area (Å²) < 4.78 is 4.61. The van der Waals surface area contributed by atoms with Crippen molar-refractivity contribution in [3.8, 4) is 45.8 Å². The van der Waals surface area contributed by atoms with E-state index in [0.717, 1.165) is 55.4 Å². The van der Waals surface area contributed by atoms with Gasteiger partial charge in [0.2, 0.25) is 0 Å². The standard InChI is InChI=1S/C44H26N4/c45-27-29-17-21-33(22-18-29)47-42-24-19-30(28-46)25-40(42)37-23-20-31(26-43(37)47)34-11-4-5-12-35(34)38-14-8-15-39-36-13-6-7-16-41(36)48(44(38)39)32-9-2-1-3-10-32/h1-26H. The van der Waals surface area contributed by atoms with Crippen molar-refractivity contribution in [1.82, 2.24) is 9.13 Å². The monoisotopic (exact) mass is 610 g/mol. The largest absolute Gasteiger partial charge is 0.309 e. The zero-order valence-corrected chi connectivity index (χ0v) is 25.8. The summed E-state index contributed by atoms with van der Waals surface area (Å²) in [5.41, 5.74) is 12.3. The van der Waals surface area contributed by atoms with Crippen LogP contribution in [-0.2, 0) is 0 Å². The lowest BCUT2D eigenvalue weighted by Crippen LogP contribution is -1.96. The molecule has 0 aliphatic heterocycles. The van der Waals surface area contributed by atoms with Gasteiger partial charge in [-0.15, -0.1) is 0 Å². The molecule has 0 saturated heterocycles. The number of aromatic nitrogens is 2. The molecule has 0 atom stereocenters. The Kier molecular flexibility index (Phi) is 6.22. The van der Waals surface area contributed by atoms with Crippen LogP contribution in [0.15, 0.2) is 158 Å². The maximum atomic E-state index is 9.71. The van der Waals surface area contributed by atoms with Gasteiger partial charge in [-0.05, 0) is 83.4 Å². The first kappa shape index (κ1) is 27.4. The van der Waals surface area contributed by atoms with E-state index >= 15 is 0 Å². The Morgan fingerprint density at radius 2 is 1.00 bits per heavy atom. The molecular weight excluding hydrogens is 585 g/mol. The summed E-state index contributed by atoms with van der Waals surface area (Å²) in [6.07, 6.45) is 0. The molecule has 0 spiro atoms. The van der Waals surface area contributed by atoms with E-state index in [0.29, 0.717) is 11.1 Å². The van der Waals surface area contributed by atoms with Crippen LogP contribution in [0, 0.1) is 22.7 Å². The molecular formula is C44H26N4. The van der Waals surface area contributed by atoms with Gasteiger partial charge in [-0.25, -0.2) is 0 Å². The van der Waals surface area contributed by atoms with Crippen molar-refractivity contribution in [2.45, 2.75) is 0 Å². The van der Waals surface area contributed by atoms with Gasteiger partial charge in [-0.1, -0.05) is 91.0 Å². The minimum atomic E-state index is 0.614. The molecule has 7 aromatic carbocycles. The molecule has 4 heteroatoms. The minimum absolute atomic E-state index is 0.614. The third-order valence-corrected chi connectivity index (χ3v) is 9.39. The van der Waals surface area contributed by atoms with Crippen LogP contribution in [-0.4, -0.2) is 9.13 Å². The Hall–Kier alpha value is -6.88. The van der Waals surface area contributed by atoms with Crippen molar-refractivity contribution in [3.05, 3.63) is 169 Å². The summed E-state index contributed by atoms with van der Waals surface area (Å²) in [6, 6.07) is 59.1. The Morgan fingerprint density at radius 3 is 1.81 bits per heavy atom. The van der Waals surface area contributed by atoms with E-state index in [1.54, 1.807) is 0 Å². The lowest BCUT2D eigenvalue weighted by atomic mass is 9.92. The lowest BCUT2D eigenvalue weighted by molar-refractivity contribution is 1.18.